The molecule has 0 saturated carbocycles. The molecule has 29 heavy (non-hydrogen) atoms. The summed E-state index contributed by atoms with van der Waals surface area (Å²) in [7, 11) is 0. The highest BCUT2D eigenvalue weighted by Crippen LogP contribution is 2.27. The molecule has 0 fully saturated rings. The van der Waals surface area contributed by atoms with Crippen LogP contribution in [-0.4, -0.2) is 15.5 Å². The zero-order valence-corrected chi connectivity index (χ0v) is 16.5. The molecular weight excluding hydrogens is 382 g/mol. The van der Waals surface area contributed by atoms with Crippen molar-refractivity contribution < 1.29 is 4.79 Å². The number of fused-ring (bicyclic) bond motifs is 3. The first-order valence-corrected chi connectivity index (χ1v) is 10.1. The van der Waals surface area contributed by atoms with Crippen LogP contribution in [0.4, 0.5) is 5.13 Å². The lowest BCUT2D eigenvalue weighted by atomic mass is 10.1. The van der Waals surface area contributed by atoms with Crippen molar-refractivity contribution >= 4 is 54.4 Å². The molecular formula is C23H17N3O2S. The number of para-hydroxylation sites is 2. The molecule has 2 heterocycles. The zero-order chi connectivity index (χ0) is 20.0. The molecule has 6 heteroatoms. The van der Waals surface area contributed by atoms with Gasteiger partial charge < -0.3 is 9.88 Å². The van der Waals surface area contributed by atoms with Crippen LogP contribution in [0.3, 0.4) is 0 Å². The van der Waals surface area contributed by atoms with E-state index in [1.54, 1.807) is 12.1 Å². The predicted molar refractivity (Wildman–Crippen MR) is 119 cm³/mol. The van der Waals surface area contributed by atoms with Crippen LogP contribution in [0.25, 0.3) is 32.0 Å². The molecule has 0 radical (unpaired) electrons. The number of pyridine rings is 1. The number of anilines is 1. The number of hydrogen-bond donors (Lipinski definition) is 1. The summed E-state index contributed by atoms with van der Waals surface area (Å²) in [4.78, 5) is 30.2. The third-order valence-corrected chi connectivity index (χ3v) is 5.90. The summed E-state index contributed by atoms with van der Waals surface area (Å²) < 4.78 is 2.93. The van der Waals surface area contributed by atoms with Gasteiger partial charge in [-0.2, -0.15) is 0 Å². The Labute approximate surface area is 170 Å². The Bertz CT molecular complexity index is 1410. The van der Waals surface area contributed by atoms with Crippen LogP contribution in [0.1, 0.15) is 5.56 Å². The van der Waals surface area contributed by atoms with E-state index in [0.717, 1.165) is 26.8 Å². The van der Waals surface area contributed by atoms with Gasteiger partial charge in [0.25, 0.3) is 0 Å². The molecule has 1 amide bonds. The second-order valence-electron chi connectivity index (χ2n) is 6.99. The van der Waals surface area contributed by atoms with Crippen molar-refractivity contribution in [2.75, 3.05) is 5.32 Å². The van der Waals surface area contributed by atoms with Crippen molar-refractivity contribution in [1.82, 2.24) is 9.55 Å². The number of nitrogens with one attached hydrogen (secondary N) is 1. The van der Waals surface area contributed by atoms with Crippen molar-refractivity contribution in [3.8, 4) is 0 Å². The predicted octanol–water partition coefficient (Wildman–Crippen LogP) is 4.71. The molecule has 2 aromatic heterocycles. The molecule has 3 aromatic carbocycles. The molecule has 5 rings (SSSR count). The molecule has 0 bridgehead atoms. The van der Waals surface area contributed by atoms with Gasteiger partial charge in [-0.1, -0.05) is 41.7 Å². The van der Waals surface area contributed by atoms with Crippen molar-refractivity contribution in [3.05, 3.63) is 82.5 Å². The van der Waals surface area contributed by atoms with Gasteiger partial charge in [-0.15, -0.1) is 0 Å². The van der Waals surface area contributed by atoms with E-state index >= 15 is 0 Å². The molecule has 0 atom stereocenters. The van der Waals surface area contributed by atoms with Gasteiger partial charge in [0.05, 0.1) is 21.3 Å². The molecule has 0 spiro atoms. The summed E-state index contributed by atoms with van der Waals surface area (Å²) in [5.74, 6) is -0.181. The van der Waals surface area contributed by atoms with E-state index in [-0.39, 0.29) is 17.9 Å². The third kappa shape index (κ3) is 3.07. The smallest absolute Gasteiger partial charge is 0.246 e. The van der Waals surface area contributed by atoms with Gasteiger partial charge in [-0.3, -0.25) is 9.59 Å². The van der Waals surface area contributed by atoms with Crippen LogP contribution >= 0.6 is 11.3 Å². The van der Waals surface area contributed by atoms with E-state index < -0.39 is 0 Å². The number of carbonyl (C=O) groups is 1. The Morgan fingerprint density at radius 1 is 1.00 bits per heavy atom. The van der Waals surface area contributed by atoms with Gasteiger partial charge >= 0.3 is 0 Å². The van der Waals surface area contributed by atoms with Gasteiger partial charge in [-0.25, -0.2) is 4.98 Å². The van der Waals surface area contributed by atoms with Crippen LogP contribution in [0, 0.1) is 6.92 Å². The van der Waals surface area contributed by atoms with Gasteiger partial charge in [0.15, 0.2) is 10.6 Å². The summed E-state index contributed by atoms with van der Waals surface area (Å²) in [6.45, 7) is 2.13. The summed E-state index contributed by atoms with van der Waals surface area (Å²) in [6, 6.07) is 20.8. The SMILES string of the molecule is Cc1ccc2nc(NC(=O)Cn3c4ccccc4c(=O)c4ccccc43)sc2c1. The number of amides is 1. The molecule has 1 N–H and O–H groups in total. The normalized spacial score (nSPS) is 11.3. The van der Waals surface area contributed by atoms with Crippen LogP contribution in [-0.2, 0) is 11.3 Å². The summed E-state index contributed by atoms with van der Waals surface area (Å²) in [5.41, 5.74) is 3.49. The Balaban J connectivity index is 1.55. The Morgan fingerprint density at radius 2 is 1.66 bits per heavy atom. The molecule has 0 aliphatic rings. The number of nitrogens with zero attached hydrogens (tertiary/aromatic N) is 2. The minimum Gasteiger partial charge on any atom is -0.331 e. The number of carbonyl (C=O) groups excluding carboxylic acids is 1. The number of hydrogen-bond acceptors (Lipinski definition) is 4. The topological polar surface area (TPSA) is 64.0 Å². The second-order valence-corrected chi connectivity index (χ2v) is 8.02. The number of thiazole rings is 1. The summed E-state index contributed by atoms with van der Waals surface area (Å²) in [5, 5.41) is 4.70. The van der Waals surface area contributed by atoms with Crippen LogP contribution in [0.15, 0.2) is 71.5 Å². The number of benzene rings is 3. The van der Waals surface area contributed by atoms with Crippen LogP contribution in [0.5, 0.6) is 0 Å². The fourth-order valence-electron chi connectivity index (χ4n) is 3.63. The van der Waals surface area contributed by atoms with Crippen molar-refractivity contribution in [3.63, 3.8) is 0 Å². The quantitative estimate of drug-likeness (QED) is 0.447. The van der Waals surface area contributed by atoms with E-state index in [2.05, 4.69) is 16.4 Å². The number of aryl methyl sites for hydroxylation is 1. The number of aromatic nitrogens is 2. The Kier molecular flexibility index (Phi) is 4.14. The lowest BCUT2D eigenvalue weighted by Crippen LogP contribution is -2.21. The second kappa shape index (κ2) is 6.83. The highest BCUT2D eigenvalue weighted by Gasteiger charge is 2.14. The highest BCUT2D eigenvalue weighted by molar-refractivity contribution is 7.22. The maximum Gasteiger partial charge on any atom is 0.246 e. The molecule has 142 valence electrons. The van der Waals surface area contributed by atoms with Gasteiger partial charge in [0, 0.05) is 10.8 Å². The maximum atomic E-state index is 12.9. The summed E-state index contributed by atoms with van der Waals surface area (Å²) >= 11 is 1.46. The van der Waals surface area contributed by atoms with Crippen molar-refractivity contribution in [2.45, 2.75) is 13.5 Å². The Hall–Kier alpha value is -3.51. The van der Waals surface area contributed by atoms with Gasteiger partial charge in [0.1, 0.15) is 6.54 Å². The molecule has 0 aliphatic heterocycles. The maximum absolute atomic E-state index is 12.9. The molecule has 5 aromatic rings. The first-order valence-electron chi connectivity index (χ1n) is 9.27. The molecule has 5 nitrogen and oxygen atoms in total. The van der Waals surface area contributed by atoms with Gasteiger partial charge in [0.2, 0.25) is 5.91 Å². The van der Waals surface area contributed by atoms with E-state index in [1.165, 1.54) is 11.3 Å². The van der Waals surface area contributed by atoms with E-state index in [1.807, 2.05) is 60.0 Å². The van der Waals surface area contributed by atoms with Gasteiger partial charge in [-0.05, 0) is 48.9 Å². The molecule has 0 unspecified atom stereocenters. The monoisotopic (exact) mass is 399 g/mol. The van der Waals surface area contributed by atoms with Crippen molar-refractivity contribution in [1.29, 1.82) is 0 Å². The minimum atomic E-state index is -0.181. The largest absolute Gasteiger partial charge is 0.331 e. The first kappa shape index (κ1) is 17.6. The average molecular weight is 399 g/mol. The third-order valence-electron chi connectivity index (χ3n) is 4.97. The highest BCUT2D eigenvalue weighted by atomic mass is 32.1. The molecule has 0 saturated heterocycles. The minimum absolute atomic E-state index is 0.0191. The standard InChI is InChI=1S/C23H17N3O2S/c1-14-10-11-17-20(12-14)29-23(24-17)25-21(27)13-26-18-8-4-2-6-15(18)22(28)16-7-3-5-9-19(16)26/h2-12H,13H2,1H3,(H,24,25,27). The van der Waals surface area contributed by atoms with Crippen LogP contribution in [0.2, 0.25) is 0 Å². The van der Waals surface area contributed by atoms with E-state index in [9.17, 15) is 9.59 Å². The van der Waals surface area contributed by atoms with Crippen LogP contribution < -0.4 is 10.7 Å². The first-order chi connectivity index (χ1) is 14.1. The number of rotatable bonds is 3. The Morgan fingerprint density at radius 3 is 2.34 bits per heavy atom. The lowest BCUT2D eigenvalue weighted by Gasteiger charge is -2.14. The molecule has 0 aliphatic carbocycles. The summed E-state index contributed by atoms with van der Waals surface area (Å²) in [6.07, 6.45) is 0. The lowest BCUT2D eigenvalue weighted by molar-refractivity contribution is -0.116. The fraction of sp³-hybridized carbons (Fsp3) is 0.0870. The fourth-order valence-corrected chi connectivity index (χ4v) is 4.62. The average Bonchev–Trinajstić information content (AvgIpc) is 3.12. The zero-order valence-electron chi connectivity index (χ0n) is 15.7. The van der Waals surface area contributed by atoms with E-state index in [0.29, 0.717) is 15.9 Å². The van der Waals surface area contributed by atoms with E-state index in [4.69, 9.17) is 0 Å². The van der Waals surface area contributed by atoms with Crippen molar-refractivity contribution in [2.24, 2.45) is 0 Å².